The van der Waals surface area contributed by atoms with Gasteiger partial charge in [-0.3, -0.25) is 0 Å². The van der Waals surface area contributed by atoms with E-state index in [9.17, 15) is 0 Å². The van der Waals surface area contributed by atoms with Gasteiger partial charge < -0.3 is 9.15 Å². The fourth-order valence-electron chi connectivity index (χ4n) is 1.90. The van der Waals surface area contributed by atoms with Gasteiger partial charge in [-0.2, -0.15) is 0 Å². The Kier molecular flexibility index (Phi) is 1.96. The third-order valence-electron chi connectivity index (χ3n) is 2.58. The molecule has 3 rings (SSSR count). The van der Waals surface area contributed by atoms with Gasteiger partial charge in [-0.15, -0.1) is 0 Å². The minimum atomic E-state index is 0.737. The first kappa shape index (κ1) is 8.86. The molecule has 0 atom stereocenters. The zero-order valence-electron chi connectivity index (χ0n) is 8.00. The number of ether oxygens (including phenoxy) is 1. The smallest absolute Gasteiger partial charge is 0.130 e. The molecule has 0 saturated heterocycles. The number of fused-ring (bicyclic) bond motifs is 1. The molecule has 0 bridgehead atoms. The van der Waals surface area contributed by atoms with Crippen LogP contribution in [0.1, 0.15) is 5.56 Å². The standard InChI is InChI=1S/C12H9ClO2/c13-10-5-8-2-4-15-12(8)11(6-10)9-1-3-14-7-9/h1,3,5-7H,2,4H2. The maximum atomic E-state index is 6.06. The molecule has 0 spiro atoms. The Hall–Kier alpha value is -1.41. The van der Waals surface area contributed by atoms with Crippen molar-refractivity contribution in [3.8, 4) is 16.9 Å². The summed E-state index contributed by atoms with van der Waals surface area (Å²) in [7, 11) is 0. The van der Waals surface area contributed by atoms with Gasteiger partial charge in [0, 0.05) is 22.6 Å². The largest absolute Gasteiger partial charge is 0.492 e. The highest BCUT2D eigenvalue weighted by atomic mass is 35.5. The summed E-state index contributed by atoms with van der Waals surface area (Å²) in [5.41, 5.74) is 3.21. The van der Waals surface area contributed by atoms with Gasteiger partial charge in [0.2, 0.25) is 0 Å². The summed E-state index contributed by atoms with van der Waals surface area (Å²) in [6, 6.07) is 5.79. The SMILES string of the molecule is Clc1cc2c(c(-c3ccoc3)c1)OCC2. The lowest BCUT2D eigenvalue weighted by Gasteiger charge is -2.06. The molecule has 1 aliphatic heterocycles. The minimum absolute atomic E-state index is 0.737. The van der Waals surface area contributed by atoms with Crippen LogP contribution in [0.4, 0.5) is 0 Å². The van der Waals surface area contributed by atoms with E-state index in [1.54, 1.807) is 12.5 Å². The van der Waals surface area contributed by atoms with Crippen LogP contribution in [-0.4, -0.2) is 6.61 Å². The highest BCUT2D eigenvalue weighted by Crippen LogP contribution is 2.39. The number of benzene rings is 1. The maximum absolute atomic E-state index is 6.06. The molecule has 0 aliphatic carbocycles. The molecule has 1 aliphatic rings. The average Bonchev–Trinajstić information content (AvgIpc) is 2.86. The molecule has 1 aromatic heterocycles. The molecular weight excluding hydrogens is 212 g/mol. The van der Waals surface area contributed by atoms with E-state index in [1.165, 1.54) is 5.56 Å². The van der Waals surface area contributed by atoms with Crippen molar-refractivity contribution < 1.29 is 9.15 Å². The van der Waals surface area contributed by atoms with Crippen molar-refractivity contribution in [2.24, 2.45) is 0 Å². The fourth-order valence-corrected chi connectivity index (χ4v) is 2.14. The summed E-state index contributed by atoms with van der Waals surface area (Å²) in [5.74, 6) is 0.945. The Labute approximate surface area is 92.4 Å². The zero-order chi connectivity index (χ0) is 10.3. The topological polar surface area (TPSA) is 22.4 Å². The Morgan fingerprint density at radius 2 is 2.20 bits per heavy atom. The number of rotatable bonds is 1. The van der Waals surface area contributed by atoms with E-state index < -0.39 is 0 Å². The highest BCUT2D eigenvalue weighted by Gasteiger charge is 2.18. The molecular formula is C12H9ClO2. The zero-order valence-corrected chi connectivity index (χ0v) is 8.75. The van der Waals surface area contributed by atoms with Gasteiger partial charge >= 0.3 is 0 Å². The number of halogens is 1. The van der Waals surface area contributed by atoms with Gasteiger partial charge in [0.1, 0.15) is 5.75 Å². The lowest BCUT2D eigenvalue weighted by molar-refractivity contribution is 0.358. The molecule has 1 aromatic carbocycles. The summed E-state index contributed by atoms with van der Waals surface area (Å²) in [4.78, 5) is 0. The third kappa shape index (κ3) is 1.41. The molecule has 0 radical (unpaired) electrons. The van der Waals surface area contributed by atoms with Crippen molar-refractivity contribution in [1.29, 1.82) is 0 Å². The van der Waals surface area contributed by atoms with E-state index in [4.69, 9.17) is 20.8 Å². The van der Waals surface area contributed by atoms with E-state index in [0.717, 1.165) is 34.9 Å². The normalized spacial score (nSPS) is 13.7. The van der Waals surface area contributed by atoms with Crippen molar-refractivity contribution in [1.82, 2.24) is 0 Å². The fraction of sp³-hybridized carbons (Fsp3) is 0.167. The van der Waals surface area contributed by atoms with Crippen LogP contribution in [-0.2, 0) is 6.42 Å². The van der Waals surface area contributed by atoms with Crippen LogP contribution in [0.3, 0.4) is 0 Å². The summed E-state index contributed by atoms with van der Waals surface area (Å²) in [6.45, 7) is 0.737. The lowest BCUT2D eigenvalue weighted by atomic mass is 10.0. The van der Waals surface area contributed by atoms with Gasteiger partial charge in [0.05, 0.1) is 19.1 Å². The second-order valence-electron chi connectivity index (χ2n) is 3.55. The van der Waals surface area contributed by atoms with E-state index in [0.29, 0.717) is 0 Å². The Bertz CT molecular complexity index is 489. The van der Waals surface area contributed by atoms with Crippen LogP contribution in [0.5, 0.6) is 5.75 Å². The van der Waals surface area contributed by atoms with Gasteiger partial charge in [0.25, 0.3) is 0 Å². The van der Waals surface area contributed by atoms with Crippen LogP contribution in [0.2, 0.25) is 5.02 Å². The van der Waals surface area contributed by atoms with Gasteiger partial charge in [-0.25, -0.2) is 0 Å². The third-order valence-corrected chi connectivity index (χ3v) is 2.80. The van der Waals surface area contributed by atoms with Crippen molar-refractivity contribution in [2.75, 3.05) is 6.61 Å². The van der Waals surface area contributed by atoms with Gasteiger partial charge in [0.15, 0.2) is 0 Å². The second kappa shape index (κ2) is 3.31. The van der Waals surface area contributed by atoms with Crippen molar-refractivity contribution in [3.63, 3.8) is 0 Å². The highest BCUT2D eigenvalue weighted by molar-refractivity contribution is 6.31. The Balaban J connectivity index is 2.23. The molecule has 2 nitrogen and oxygen atoms in total. The van der Waals surface area contributed by atoms with Crippen LogP contribution in [0.15, 0.2) is 35.1 Å². The van der Waals surface area contributed by atoms with Crippen molar-refractivity contribution in [3.05, 3.63) is 41.3 Å². The Morgan fingerprint density at radius 3 is 3.00 bits per heavy atom. The molecule has 0 fully saturated rings. The molecule has 0 amide bonds. The number of hydrogen-bond donors (Lipinski definition) is 0. The van der Waals surface area contributed by atoms with E-state index >= 15 is 0 Å². The second-order valence-corrected chi connectivity index (χ2v) is 3.99. The van der Waals surface area contributed by atoms with Gasteiger partial charge in [-0.1, -0.05) is 11.6 Å². The van der Waals surface area contributed by atoms with E-state index in [2.05, 4.69) is 0 Å². The first-order chi connectivity index (χ1) is 7.34. The van der Waals surface area contributed by atoms with Crippen LogP contribution in [0, 0.1) is 0 Å². The maximum Gasteiger partial charge on any atom is 0.130 e. The van der Waals surface area contributed by atoms with Crippen LogP contribution in [0.25, 0.3) is 11.1 Å². The molecule has 0 saturated carbocycles. The lowest BCUT2D eigenvalue weighted by Crippen LogP contribution is -1.88. The average molecular weight is 221 g/mol. The molecule has 2 aromatic rings. The summed E-state index contributed by atoms with van der Waals surface area (Å²) in [5, 5.41) is 0.746. The Morgan fingerprint density at radius 1 is 1.27 bits per heavy atom. The van der Waals surface area contributed by atoms with Crippen LogP contribution >= 0.6 is 11.6 Å². The molecule has 2 heterocycles. The minimum Gasteiger partial charge on any atom is -0.492 e. The summed E-state index contributed by atoms with van der Waals surface area (Å²) in [6.07, 6.45) is 4.28. The number of furan rings is 1. The predicted molar refractivity (Wildman–Crippen MR) is 58.4 cm³/mol. The number of hydrogen-bond acceptors (Lipinski definition) is 2. The molecule has 15 heavy (non-hydrogen) atoms. The first-order valence-corrected chi connectivity index (χ1v) is 5.20. The van der Waals surface area contributed by atoms with Crippen LogP contribution < -0.4 is 4.74 Å². The van der Waals surface area contributed by atoms with Gasteiger partial charge in [-0.05, 0) is 23.8 Å². The quantitative estimate of drug-likeness (QED) is 0.734. The van der Waals surface area contributed by atoms with Crippen molar-refractivity contribution >= 4 is 11.6 Å². The monoisotopic (exact) mass is 220 g/mol. The first-order valence-electron chi connectivity index (χ1n) is 4.82. The molecule has 76 valence electrons. The van der Waals surface area contributed by atoms with Crippen molar-refractivity contribution in [2.45, 2.75) is 6.42 Å². The molecule has 3 heteroatoms. The molecule has 0 unspecified atom stereocenters. The van der Waals surface area contributed by atoms with E-state index in [-0.39, 0.29) is 0 Å². The molecule has 0 N–H and O–H groups in total. The predicted octanol–water partition coefficient (Wildman–Crippen LogP) is 3.53. The summed E-state index contributed by atoms with van der Waals surface area (Å²) < 4.78 is 10.7. The summed E-state index contributed by atoms with van der Waals surface area (Å²) >= 11 is 6.06. The van der Waals surface area contributed by atoms with E-state index in [1.807, 2.05) is 18.2 Å².